The lowest BCUT2D eigenvalue weighted by atomic mass is 10.1. The number of aryl methyl sites for hydroxylation is 2. The predicted octanol–water partition coefficient (Wildman–Crippen LogP) is 2.96. The lowest BCUT2D eigenvalue weighted by Crippen LogP contribution is -2.37. The molecule has 0 fully saturated rings. The van der Waals surface area contributed by atoms with Gasteiger partial charge in [0, 0.05) is 23.4 Å². The number of aromatic amines is 1. The van der Waals surface area contributed by atoms with Gasteiger partial charge in [-0.3, -0.25) is 9.59 Å². The molecule has 1 N–H and O–H groups in total. The van der Waals surface area contributed by atoms with Crippen molar-refractivity contribution in [3.63, 3.8) is 0 Å². The number of nitrogens with zero attached hydrogens (tertiary/aromatic N) is 1. The number of hydrogen-bond donors (Lipinski definition) is 1. The van der Waals surface area contributed by atoms with E-state index in [2.05, 4.69) is 11.9 Å². The molecular weight excluding hydrogens is 276 g/mol. The SMILES string of the molecule is CCCc1cc[n+](CC(=O)c2[nH]c(C)c(C(C)=O)c2C)cc1. The number of carbonyl (C=O) groups is 2. The van der Waals surface area contributed by atoms with Crippen LogP contribution in [0.15, 0.2) is 24.5 Å². The van der Waals surface area contributed by atoms with Crippen molar-refractivity contribution >= 4 is 11.6 Å². The summed E-state index contributed by atoms with van der Waals surface area (Å²) in [7, 11) is 0. The number of pyridine rings is 1. The van der Waals surface area contributed by atoms with Gasteiger partial charge in [-0.2, -0.15) is 4.57 Å². The molecule has 0 aromatic carbocycles. The summed E-state index contributed by atoms with van der Waals surface area (Å²) in [5, 5.41) is 0. The molecule has 2 aromatic heterocycles. The number of nitrogens with one attached hydrogen (secondary N) is 1. The van der Waals surface area contributed by atoms with Crippen molar-refractivity contribution in [2.24, 2.45) is 0 Å². The van der Waals surface area contributed by atoms with Crippen LogP contribution in [0.4, 0.5) is 0 Å². The van der Waals surface area contributed by atoms with Gasteiger partial charge in [0.05, 0.1) is 5.69 Å². The van der Waals surface area contributed by atoms with E-state index in [4.69, 9.17) is 0 Å². The highest BCUT2D eigenvalue weighted by Gasteiger charge is 2.22. The van der Waals surface area contributed by atoms with Crippen LogP contribution in [0, 0.1) is 13.8 Å². The monoisotopic (exact) mass is 299 g/mol. The third kappa shape index (κ3) is 3.32. The van der Waals surface area contributed by atoms with Gasteiger partial charge in [0.25, 0.3) is 0 Å². The van der Waals surface area contributed by atoms with Crippen LogP contribution in [-0.2, 0) is 13.0 Å². The first-order valence-corrected chi connectivity index (χ1v) is 7.65. The van der Waals surface area contributed by atoms with Gasteiger partial charge in [0.1, 0.15) is 0 Å². The van der Waals surface area contributed by atoms with E-state index in [1.54, 1.807) is 0 Å². The van der Waals surface area contributed by atoms with Crippen LogP contribution in [0.25, 0.3) is 0 Å². The number of carbonyl (C=O) groups excluding carboxylic acids is 2. The van der Waals surface area contributed by atoms with Gasteiger partial charge in [0.15, 0.2) is 18.2 Å². The minimum Gasteiger partial charge on any atom is -0.355 e. The zero-order valence-corrected chi connectivity index (χ0v) is 13.7. The second-order valence-corrected chi connectivity index (χ2v) is 5.73. The number of aromatic nitrogens is 2. The molecule has 0 atom stereocenters. The molecule has 0 saturated carbocycles. The summed E-state index contributed by atoms with van der Waals surface area (Å²) in [6, 6.07) is 4.09. The molecule has 0 aliphatic heterocycles. The van der Waals surface area contributed by atoms with E-state index in [9.17, 15) is 9.59 Å². The van der Waals surface area contributed by atoms with E-state index in [1.165, 1.54) is 12.5 Å². The Morgan fingerprint density at radius 1 is 1.18 bits per heavy atom. The van der Waals surface area contributed by atoms with Gasteiger partial charge in [-0.25, -0.2) is 0 Å². The molecule has 0 amide bonds. The summed E-state index contributed by atoms with van der Waals surface area (Å²) in [6.45, 7) is 7.59. The fourth-order valence-corrected chi connectivity index (χ4v) is 2.85. The highest BCUT2D eigenvalue weighted by atomic mass is 16.1. The number of Topliss-reactive ketones (excluding diaryl/α,β-unsaturated/α-hetero) is 2. The van der Waals surface area contributed by atoms with Gasteiger partial charge >= 0.3 is 0 Å². The van der Waals surface area contributed by atoms with Crippen LogP contribution in [0.3, 0.4) is 0 Å². The fraction of sp³-hybridized carbons (Fsp3) is 0.389. The molecule has 0 radical (unpaired) electrons. The van der Waals surface area contributed by atoms with Crippen LogP contribution in [-0.4, -0.2) is 16.6 Å². The molecule has 2 aromatic rings. The molecule has 0 aliphatic rings. The third-order valence-electron chi connectivity index (χ3n) is 3.89. The Hall–Kier alpha value is -2.23. The number of H-pyrrole nitrogens is 1. The van der Waals surface area contributed by atoms with Gasteiger partial charge in [-0.1, -0.05) is 13.3 Å². The number of hydrogen-bond acceptors (Lipinski definition) is 2. The van der Waals surface area contributed by atoms with E-state index in [-0.39, 0.29) is 18.1 Å². The highest BCUT2D eigenvalue weighted by Crippen LogP contribution is 2.18. The molecule has 22 heavy (non-hydrogen) atoms. The zero-order valence-electron chi connectivity index (χ0n) is 13.7. The molecule has 0 aliphatic carbocycles. The molecule has 2 heterocycles. The summed E-state index contributed by atoms with van der Waals surface area (Å²) in [5.41, 5.74) is 3.95. The van der Waals surface area contributed by atoms with E-state index in [1.807, 2.05) is 42.9 Å². The number of rotatable bonds is 6. The molecular formula is C18H23N2O2+. The fourth-order valence-electron chi connectivity index (χ4n) is 2.85. The average Bonchev–Trinajstić information content (AvgIpc) is 2.76. The normalized spacial score (nSPS) is 10.7. The topological polar surface area (TPSA) is 53.8 Å². The Balaban J connectivity index is 2.19. The van der Waals surface area contributed by atoms with Crippen molar-refractivity contribution < 1.29 is 14.2 Å². The summed E-state index contributed by atoms with van der Waals surface area (Å²) in [6.07, 6.45) is 6.02. The van der Waals surface area contributed by atoms with Crippen molar-refractivity contribution in [1.29, 1.82) is 0 Å². The Labute approximate surface area is 131 Å². The summed E-state index contributed by atoms with van der Waals surface area (Å²) in [4.78, 5) is 27.2. The van der Waals surface area contributed by atoms with Crippen LogP contribution < -0.4 is 4.57 Å². The maximum atomic E-state index is 12.5. The number of ketones is 2. The molecule has 0 bridgehead atoms. The Morgan fingerprint density at radius 2 is 1.82 bits per heavy atom. The Morgan fingerprint density at radius 3 is 2.32 bits per heavy atom. The first-order valence-electron chi connectivity index (χ1n) is 7.65. The highest BCUT2D eigenvalue weighted by molar-refractivity contribution is 6.02. The zero-order chi connectivity index (χ0) is 16.3. The van der Waals surface area contributed by atoms with Gasteiger partial charge in [-0.05, 0) is 38.3 Å². The van der Waals surface area contributed by atoms with Gasteiger partial charge in [-0.15, -0.1) is 0 Å². The molecule has 4 heteroatoms. The van der Waals surface area contributed by atoms with Gasteiger partial charge < -0.3 is 4.98 Å². The summed E-state index contributed by atoms with van der Waals surface area (Å²) >= 11 is 0. The second kappa shape index (κ2) is 6.69. The van der Waals surface area contributed by atoms with Crippen molar-refractivity contribution in [3.8, 4) is 0 Å². The quantitative estimate of drug-likeness (QED) is 0.658. The van der Waals surface area contributed by atoms with E-state index < -0.39 is 0 Å². The lowest BCUT2D eigenvalue weighted by molar-refractivity contribution is -0.683. The standard InChI is InChI=1S/C18H22N2O2/c1-5-6-15-7-9-20(10-8-15)11-16(22)18-12(2)17(14(4)21)13(3)19-18/h7-10H,5-6,11H2,1-4H3/p+1. The van der Waals surface area contributed by atoms with Crippen molar-refractivity contribution in [3.05, 3.63) is 52.6 Å². The maximum absolute atomic E-state index is 12.5. The second-order valence-electron chi connectivity index (χ2n) is 5.73. The maximum Gasteiger partial charge on any atom is 0.243 e. The predicted molar refractivity (Wildman–Crippen MR) is 85.2 cm³/mol. The molecule has 2 rings (SSSR count). The minimum atomic E-state index is -0.0126. The molecule has 116 valence electrons. The lowest BCUT2D eigenvalue weighted by Gasteiger charge is -2.00. The van der Waals surface area contributed by atoms with Crippen molar-refractivity contribution in [1.82, 2.24) is 4.98 Å². The first-order chi connectivity index (χ1) is 10.4. The molecule has 0 unspecified atom stereocenters. The summed E-state index contributed by atoms with van der Waals surface area (Å²) in [5.74, 6) is -0.0248. The van der Waals surface area contributed by atoms with Crippen molar-refractivity contribution in [2.45, 2.75) is 47.1 Å². The van der Waals surface area contributed by atoms with Crippen LogP contribution in [0.1, 0.15) is 57.9 Å². The largest absolute Gasteiger partial charge is 0.355 e. The minimum absolute atomic E-state index is 0.0122. The smallest absolute Gasteiger partial charge is 0.243 e. The van der Waals surface area contributed by atoms with E-state index in [0.29, 0.717) is 11.3 Å². The average molecular weight is 299 g/mol. The third-order valence-corrected chi connectivity index (χ3v) is 3.89. The van der Waals surface area contributed by atoms with Crippen molar-refractivity contribution in [2.75, 3.05) is 0 Å². The Bertz CT molecular complexity index is 697. The summed E-state index contributed by atoms with van der Waals surface area (Å²) < 4.78 is 1.87. The Kier molecular flexibility index (Phi) is 4.91. The van der Waals surface area contributed by atoms with Crippen LogP contribution in [0.5, 0.6) is 0 Å². The van der Waals surface area contributed by atoms with E-state index >= 15 is 0 Å². The van der Waals surface area contributed by atoms with Crippen LogP contribution >= 0.6 is 0 Å². The molecule has 0 saturated heterocycles. The van der Waals surface area contributed by atoms with E-state index in [0.717, 1.165) is 24.1 Å². The first kappa shape index (κ1) is 16.1. The molecule has 4 nitrogen and oxygen atoms in total. The van der Waals surface area contributed by atoms with Gasteiger partial charge in [0.2, 0.25) is 12.3 Å². The van der Waals surface area contributed by atoms with Crippen LogP contribution in [0.2, 0.25) is 0 Å². The molecule has 0 spiro atoms.